The summed E-state index contributed by atoms with van der Waals surface area (Å²) in [6, 6.07) is 9.60. The summed E-state index contributed by atoms with van der Waals surface area (Å²) < 4.78 is 0. The fraction of sp³-hybridized carbons (Fsp3) is 0.269. The number of urea groups is 1. The minimum Gasteiger partial charge on any atom is -0.351 e. The largest absolute Gasteiger partial charge is 0.351 e. The van der Waals surface area contributed by atoms with Gasteiger partial charge < -0.3 is 15.5 Å². The maximum atomic E-state index is 13.0. The molecule has 37 heavy (non-hydrogen) atoms. The predicted molar refractivity (Wildman–Crippen MR) is 135 cm³/mol. The fourth-order valence-electron chi connectivity index (χ4n) is 4.72. The summed E-state index contributed by atoms with van der Waals surface area (Å²) in [5.74, 6) is -2.31. The number of piperidine rings is 1. The van der Waals surface area contributed by atoms with Crippen LogP contribution in [0.2, 0.25) is 5.02 Å². The number of anilines is 2. The van der Waals surface area contributed by atoms with E-state index in [2.05, 4.69) is 16.0 Å². The quantitative estimate of drug-likeness (QED) is 0.531. The van der Waals surface area contributed by atoms with Crippen molar-refractivity contribution in [2.45, 2.75) is 38.8 Å². The second-order valence-electron chi connectivity index (χ2n) is 9.17. The maximum Gasteiger partial charge on any atom is 0.322 e. The summed E-state index contributed by atoms with van der Waals surface area (Å²) in [6.45, 7) is 2.70. The van der Waals surface area contributed by atoms with Gasteiger partial charge in [-0.15, -0.1) is 0 Å². The molecule has 6 amide bonds. The zero-order valence-corrected chi connectivity index (χ0v) is 20.7. The average Bonchev–Trinajstić information content (AvgIpc) is 3.14. The molecule has 1 atom stereocenters. The number of benzene rings is 2. The Morgan fingerprint density at radius 2 is 1.92 bits per heavy atom. The number of amides is 6. The van der Waals surface area contributed by atoms with Gasteiger partial charge in [-0.3, -0.25) is 29.4 Å². The number of fused-ring (bicyclic) bond motifs is 1. The van der Waals surface area contributed by atoms with Crippen molar-refractivity contribution >= 4 is 52.6 Å². The molecule has 3 aliphatic heterocycles. The van der Waals surface area contributed by atoms with Crippen molar-refractivity contribution in [3.8, 4) is 0 Å². The molecular weight excluding hydrogens is 498 g/mol. The molecule has 1 unspecified atom stereocenters. The summed E-state index contributed by atoms with van der Waals surface area (Å²) in [4.78, 5) is 64.7. The second-order valence-corrected chi connectivity index (χ2v) is 9.58. The number of imide groups is 2. The molecule has 3 N–H and O–H groups in total. The van der Waals surface area contributed by atoms with Crippen LogP contribution in [0.5, 0.6) is 0 Å². The number of carbonyl (C=O) groups excluding carboxylic acids is 5. The Hall–Kier alpha value is -4.18. The molecule has 10 nitrogen and oxygen atoms in total. The van der Waals surface area contributed by atoms with E-state index in [-0.39, 0.29) is 24.6 Å². The molecule has 3 heterocycles. The van der Waals surface area contributed by atoms with Gasteiger partial charge in [-0.2, -0.15) is 0 Å². The summed E-state index contributed by atoms with van der Waals surface area (Å²) in [6.07, 6.45) is 1.85. The molecule has 11 heteroatoms. The zero-order chi connectivity index (χ0) is 26.3. The van der Waals surface area contributed by atoms with Crippen molar-refractivity contribution in [2.75, 3.05) is 17.2 Å². The van der Waals surface area contributed by atoms with Crippen LogP contribution in [0.4, 0.5) is 16.2 Å². The lowest BCUT2D eigenvalue weighted by Crippen LogP contribution is -2.54. The number of halogens is 1. The highest BCUT2D eigenvalue weighted by molar-refractivity contribution is 6.31. The molecule has 190 valence electrons. The average molecular weight is 522 g/mol. The van der Waals surface area contributed by atoms with Gasteiger partial charge in [0.05, 0.1) is 0 Å². The van der Waals surface area contributed by atoms with Crippen molar-refractivity contribution < 1.29 is 24.0 Å². The lowest BCUT2D eigenvalue weighted by Gasteiger charge is -2.31. The van der Waals surface area contributed by atoms with Crippen LogP contribution in [0.15, 0.2) is 48.2 Å². The van der Waals surface area contributed by atoms with Gasteiger partial charge in [0.25, 0.3) is 11.8 Å². The molecule has 3 aliphatic rings. The van der Waals surface area contributed by atoms with Crippen molar-refractivity contribution in [1.82, 2.24) is 15.1 Å². The minimum atomic E-state index is -1.02. The van der Waals surface area contributed by atoms with Crippen molar-refractivity contribution in [3.05, 3.63) is 69.9 Å². The smallest absolute Gasteiger partial charge is 0.322 e. The molecule has 1 fully saturated rings. The van der Waals surface area contributed by atoms with Gasteiger partial charge in [0.2, 0.25) is 11.8 Å². The van der Waals surface area contributed by atoms with Crippen molar-refractivity contribution in [3.63, 3.8) is 0 Å². The summed E-state index contributed by atoms with van der Waals surface area (Å²) in [5, 5.41) is 8.67. The topological polar surface area (TPSA) is 128 Å². The number of carbonyl (C=O) groups is 5. The fourth-order valence-corrected chi connectivity index (χ4v) is 4.90. The van der Waals surface area contributed by atoms with Gasteiger partial charge in [-0.05, 0) is 54.7 Å². The molecule has 0 aliphatic carbocycles. The molecule has 0 aromatic heterocycles. The molecule has 0 saturated carbocycles. The van der Waals surface area contributed by atoms with E-state index in [1.807, 2.05) is 25.1 Å². The zero-order valence-electron chi connectivity index (χ0n) is 20.0. The van der Waals surface area contributed by atoms with E-state index in [4.69, 9.17) is 11.6 Å². The maximum absolute atomic E-state index is 13.0. The summed E-state index contributed by atoms with van der Waals surface area (Å²) in [7, 11) is 0. The normalized spacial score (nSPS) is 19.4. The van der Waals surface area contributed by atoms with E-state index < -0.39 is 29.7 Å². The molecule has 2 aromatic carbocycles. The molecule has 0 bridgehead atoms. The highest BCUT2D eigenvalue weighted by atomic mass is 35.5. The summed E-state index contributed by atoms with van der Waals surface area (Å²) in [5.41, 5.74) is 4.08. The van der Waals surface area contributed by atoms with Gasteiger partial charge in [0, 0.05) is 42.0 Å². The van der Waals surface area contributed by atoms with Crippen molar-refractivity contribution in [1.29, 1.82) is 0 Å². The van der Waals surface area contributed by atoms with Crippen LogP contribution in [0.25, 0.3) is 0 Å². The first-order valence-corrected chi connectivity index (χ1v) is 12.2. The third-order valence-corrected chi connectivity index (χ3v) is 7.13. The molecule has 2 aromatic rings. The van der Waals surface area contributed by atoms with Crippen LogP contribution in [0.3, 0.4) is 0 Å². The van der Waals surface area contributed by atoms with Crippen LogP contribution >= 0.6 is 11.6 Å². The van der Waals surface area contributed by atoms with E-state index in [1.165, 1.54) is 6.08 Å². The SMILES string of the molecule is Cc1ccc(NC(=O)N2CCc3c(cccc3NC3=CC(=O)N(C4CCC(=O)NC4=O)C3=O)C2)cc1Cl. The Morgan fingerprint density at radius 3 is 2.68 bits per heavy atom. The van der Waals surface area contributed by atoms with Crippen LogP contribution in [-0.4, -0.2) is 52.0 Å². The predicted octanol–water partition coefficient (Wildman–Crippen LogP) is 2.71. The number of hydrogen-bond donors (Lipinski definition) is 3. The van der Waals surface area contributed by atoms with Gasteiger partial charge in [-0.25, -0.2) is 4.79 Å². The number of rotatable bonds is 4. The van der Waals surface area contributed by atoms with E-state index in [9.17, 15) is 24.0 Å². The minimum absolute atomic E-state index is 0.0551. The third kappa shape index (κ3) is 4.79. The number of nitrogens with zero attached hydrogens (tertiary/aromatic N) is 2. The number of nitrogens with one attached hydrogen (secondary N) is 3. The third-order valence-electron chi connectivity index (χ3n) is 6.72. The van der Waals surface area contributed by atoms with Crippen LogP contribution < -0.4 is 16.0 Å². The second kappa shape index (κ2) is 9.70. The van der Waals surface area contributed by atoms with Gasteiger partial charge >= 0.3 is 6.03 Å². The molecular formula is C26H24ClN5O5. The Balaban J connectivity index is 1.27. The van der Waals surface area contributed by atoms with E-state index in [0.29, 0.717) is 35.9 Å². The van der Waals surface area contributed by atoms with E-state index >= 15 is 0 Å². The number of aryl methyl sites for hydroxylation is 1. The molecule has 1 saturated heterocycles. The number of hydrogen-bond acceptors (Lipinski definition) is 6. The first kappa shape index (κ1) is 24.5. The Kier molecular flexibility index (Phi) is 6.43. The molecule has 0 radical (unpaired) electrons. The Bertz CT molecular complexity index is 1390. The molecule has 5 rings (SSSR count). The standard InChI is InChI=1S/C26H24ClN5O5/c1-14-5-6-16(11-18(14)27)28-26(37)31-10-9-17-15(13-31)3-2-4-19(17)29-20-12-23(34)32(25(20)36)21-7-8-22(33)30-24(21)35/h2-6,11-12,21,29H,7-10,13H2,1H3,(H,28,37)(H,30,33,35). The highest BCUT2D eigenvalue weighted by Crippen LogP contribution is 2.30. The van der Waals surface area contributed by atoms with Crippen LogP contribution in [0, 0.1) is 6.92 Å². The van der Waals surface area contributed by atoms with E-state index in [0.717, 1.165) is 21.6 Å². The van der Waals surface area contributed by atoms with E-state index in [1.54, 1.807) is 23.1 Å². The van der Waals surface area contributed by atoms with Gasteiger partial charge in [0.1, 0.15) is 11.7 Å². The Labute approximate surface area is 217 Å². The lowest BCUT2D eigenvalue weighted by molar-refractivity contribution is -0.149. The lowest BCUT2D eigenvalue weighted by atomic mass is 9.97. The van der Waals surface area contributed by atoms with Crippen LogP contribution in [-0.2, 0) is 32.1 Å². The van der Waals surface area contributed by atoms with Crippen LogP contribution in [0.1, 0.15) is 29.5 Å². The van der Waals surface area contributed by atoms with Gasteiger partial charge in [0.15, 0.2) is 0 Å². The summed E-state index contributed by atoms with van der Waals surface area (Å²) >= 11 is 6.16. The van der Waals surface area contributed by atoms with Gasteiger partial charge in [-0.1, -0.05) is 29.8 Å². The van der Waals surface area contributed by atoms with Crippen molar-refractivity contribution in [2.24, 2.45) is 0 Å². The highest BCUT2D eigenvalue weighted by Gasteiger charge is 2.42. The monoisotopic (exact) mass is 521 g/mol. The first-order valence-electron chi connectivity index (χ1n) is 11.8. The first-order chi connectivity index (χ1) is 17.7. The molecule has 0 spiro atoms. The Morgan fingerprint density at radius 1 is 1.11 bits per heavy atom.